The van der Waals surface area contributed by atoms with Gasteiger partial charge in [-0.3, -0.25) is 9.69 Å². The van der Waals surface area contributed by atoms with E-state index >= 15 is 0 Å². The zero-order valence-corrected chi connectivity index (χ0v) is 14.0. The van der Waals surface area contributed by atoms with Crippen molar-refractivity contribution in [1.29, 1.82) is 0 Å². The fourth-order valence-corrected chi connectivity index (χ4v) is 2.83. The first-order valence-electron chi connectivity index (χ1n) is 8.13. The summed E-state index contributed by atoms with van der Waals surface area (Å²) in [5, 5.41) is 6.41. The van der Waals surface area contributed by atoms with Crippen molar-refractivity contribution < 1.29 is 4.79 Å². The minimum absolute atomic E-state index is 0.0250. The number of likely N-dealkylation sites (tertiary alicyclic amines) is 1. The smallest absolute Gasteiger partial charge is 0.237 e. The van der Waals surface area contributed by atoms with Gasteiger partial charge in [0.25, 0.3) is 0 Å². The van der Waals surface area contributed by atoms with E-state index in [0.717, 1.165) is 25.9 Å². The molecule has 0 bridgehead atoms. The van der Waals surface area contributed by atoms with Gasteiger partial charge in [-0.25, -0.2) is 0 Å². The molecule has 1 rings (SSSR count). The van der Waals surface area contributed by atoms with Crippen LogP contribution in [0, 0.1) is 0 Å². The maximum absolute atomic E-state index is 12.5. The zero-order chi connectivity index (χ0) is 15.2. The summed E-state index contributed by atoms with van der Waals surface area (Å²) in [5.74, 6) is 0.174. The van der Waals surface area contributed by atoms with E-state index < -0.39 is 0 Å². The van der Waals surface area contributed by atoms with Gasteiger partial charge in [-0.1, -0.05) is 13.3 Å². The van der Waals surface area contributed by atoms with Crippen molar-refractivity contribution in [3.8, 4) is 0 Å². The second-order valence-corrected chi connectivity index (χ2v) is 6.68. The summed E-state index contributed by atoms with van der Waals surface area (Å²) in [7, 11) is 1.99. The van der Waals surface area contributed by atoms with Gasteiger partial charge < -0.3 is 10.6 Å². The Hall–Kier alpha value is -0.610. The minimum atomic E-state index is -0.110. The summed E-state index contributed by atoms with van der Waals surface area (Å²) >= 11 is 0. The molecule has 0 aromatic carbocycles. The summed E-state index contributed by atoms with van der Waals surface area (Å²) in [5.41, 5.74) is -0.110. The van der Waals surface area contributed by atoms with Gasteiger partial charge in [0.1, 0.15) is 0 Å². The van der Waals surface area contributed by atoms with Gasteiger partial charge >= 0.3 is 0 Å². The van der Waals surface area contributed by atoms with Crippen molar-refractivity contribution in [2.75, 3.05) is 20.1 Å². The molecule has 1 fully saturated rings. The van der Waals surface area contributed by atoms with Crippen molar-refractivity contribution >= 4 is 5.91 Å². The van der Waals surface area contributed by atoms with E-state index in [1.54, 1.807) is 0 Å². The molecular formula is C16H33N3O. The third-order valence-electron chi connectivity index (χ3n) is 4.62. The maximum atomic E-state index is 12.5. The number of carbonyl (C=O) groups is 1. The Labute approximate surface area is 124 Å². The number of piperidine rings is 1. The van der Waals surface area contributed by atoms with E-state index in [-0.39, 0.29) is 17.5 Å². The Morgan fingerprint density at radius 2 is 2.10 bits per heavy atom. The fraction of sp³-hybridized carbons (Fsp3) is 0.938. The molecule has 2 N–H and O–H groups in total. The summed E-state index contributed by atoms with van der Waals surface area (Å²) < 4.78 is 0. The number of rotatable bonds is 7. The molecule has 0 aliphatic carbocycles. The first-order chi connectivity index (χ1) is 9.41. The number of carbonyl (C=O) groups excluding carboxylic acids is 1. The van der Waals surface area contributed by atoms with E-state index in [0.29, 0.717) is 6.04 Å². The molecule has 0 aromatic heterocycles. The van der Waals surface area contributed by atoms with Gasteiger partial charge in [0, 0.05) is 11.6 Å². The molecule has 0 aromatic rings. The second-order valence-electron chi connectivity index (χ2n) is 6.68. The molecule has 4 nitrogen and oxygen atoms in total. The molecule has 2 unspecified atom stereocenters. The predicted molar refractivity (Wildman–Crippen MR) is 84.9 cm³/mol. The molecule has 1 aliphatic heterocycles. The lowest BCUT2D eigenvalue weighted by molar-refractivity contribution is -0.129. The van der Waals surface area contributed by atoms with Crippen molar-refractivity contribution in [3.05, 3.63) is 0 Å². The average Bonchev–Trinajstić information content (AvgIpc) is 2.44. The topological polar surface area (TPSA) is 44.4 Å². The molecule has 0 saturated carbocycles. The van der Waals surface area contributed by atoms with Crippen LogP contribution in [0.1, 0.15) is 59.8 Å². The van der Waals surface area contributed by atoms with Gasteiger partial charge in [-0.15, -0.1) is 0 Å². The van der Waals surface area contributed by atoms with Crippen LogP contribution in [0.15, 0.2) is 0 Å². The highest BCUT2D eigenvalue weighted by Gasteiger charge is 2.31. The molecule has 1 saturated heterocycles. The Morgan fingerprint density at radius 3 is 2.70 bits per heavy atom. The van der Waals surface area contributed by atoms with Crippen LogP contribution in [-0.2, 0) is 4.79 Å². The molecule has 1 aliphatic rings. The lowest BCUT2D eigenvalue weighted by Gasteiger charge is -2.40. The predicted octanol–water partition coefficient (Wildman–Crippen LogP) is 2.14. The average molecular weight is 283 g/mol. The van der Waals surface area contributed by atoms with Gasteiger partial charge in [0.15, 0.2) is 0 Å². The molecule has 20 heavy (non-hydrogen) atoms. The number of nitrogens with one attached hydrogen (secondary N) is 2. The highest BCUT2D eigenvalue weighted by Crippen LogP contribution is 2.22. The first-order valence-corrected chi connectivity index (χ1v) is 8.13. The summed E-state index contributed by atoms with van der Waals surface area (Å²) in [6.07, 6.45) is 5.81. The standard InChI is InChI=1S/C16H33N3O/c1-6-16(3,4)18-15(20)13(2)19-12-8-7-9-14(19)10-11-17-5/h13-14,17H,6-12H2,1-5H3,(H,18,20). The molecule has 2 atom stereocenters. The van der Waals surface area contributed by atoms with Crippen LogP contribution < -0.4 is 10.6 Å². The van der Waals surface area contributed by atoms with Crippen LogP contribution in [0.5, 0.6) is 0 Å². The van der Waals surface area contributed by atoms with Crippen LogP contribution in [0.4, 0.5) is 0 Å². The number of amides is 1. The SMILES string of the molecule is CCC(C)(C)NC(=O)C(C)N1CCCCC1CCNC. The summed E-state index contributed by atoms with van der Waals surface area (Å²) in [6.45, 7) is 10.4. The molecule has 0 radical (unpaired) electrons. The van der Waals surface area contributed by atoms with Crippen molar-refractivity contribution in [2.45, 2.75) is 77.4 Å². The monoisotopic (exact) mass is 283 g/mol. The molecule has 1 heterocycles. The number of nitrogens with zero attached hydrogens (tertiary/aromatic N) is 1. The van der Waals surface area contributed by atoms with Crippen LogP contribution >= 0.6 is 0 Å². The van der Waals surface area contributed by atoms with Crippen LogP contribution in [0.2, 0.25) is 0 Å². The molecular weight excluding hydrogens is 250 g/mol. The fourth-order valence-electron chi connectivity index (χ4n) is 2.83. The van der Waals surface area contributed by atoms with E-state index in [9.17, 15) is 4.79 Å². The van der Waals surface area contributed by atoms with Crippen LogP contribution in [0.25, 0.3) is 0 Å². The van der Waals surface area contributed by atoms with E-state index in [2.05, 4.69) is 43.2 Å². The molecule has 0 spiro atoms. The van der Waals surface area contributed by atoms with Gasteiger partial charge in [0.05, 0.1) is 6.04 Å². The van der Waals surface area contributed by atoms with Crippen LogP contribution in [0.3, 0.4) is 0 Å². The summed E-state index contributed by atoms with van der Waals surface area (Å²) in [6, 6.07) is 0.518. The third kappa shape index (κ3) is 5.06. The maximum Gasteiger partial charge on any atom is 0.237 e. The second kappa shape index (κ2) is 7.99. The Bertz CT molecular complexity index is 304. The van der Waals surface area contributed by atoms with Gasteiger partial charge in [0.2, 0.25) is 5.91 Å². The molecule has 1 amide bonds. The summed E-state index contributed by atoms with van der Waals surface area (Å²) in [4.78, 5) is 14.9. The molecule has 118 valence electrons. The highest BCUT2D eigenvalue weighted by atomic mass is 16.2. The van der Waals surface area contributed by atoms with E-state index in [4.69, 9.17) is 0 Å². The largest absolute Gasteiger partial charge is 0.350 e. The lowest BCUT2D eigenvalue weighted by Crippen LogP contribution is -2.55. The molecule has 4 heteroatoms. The van der Waals surface area contributed by atoms with E-state index in [1.807, 2.05) is 7.05 Å². The number of hydrogen-bond acceptors (Lipinski definition) is 3. The Balaban J connectivity index is 2.62. The Kier molecular flexibility index (Phi) is 6.96. The van der Waals surface area contributed by atoms with E-state index in [1.165, 1.54) is 19.3 Å². The van der Waals surface area contributed by atoms with Crippen LogP contribution in [-0.4, -0.2) is 48.6 Å². The Morgan fingerprint density at radius 1 is 1.40 bits per heavy atom. The number of hydrogen-bond donors (Lipinski definition) is 2. The van der Waals surface area contributed by atoms with Gasteiger partial charge in [-0.2, -0.15) is 0 Å². The van der Waals surface area contributed by atoms with Crippen molar-refractivity contribution in [1.82, 2.24) is 15.5 Å². The zero-order valence-electron chi connectivity index (χ0n) is 14.0. The minimum Gasteiger partial charge on any atom is -0.350 e. The lowest BCUT2D eigenvalue weighted by atomic mass is 9.96. The van der Waals surface area contributed by atoms with Crippen molar-refractivity contribution in [3.63, 3.8) is 0 Å². The third-order valence-corrected chi connectivity index (χ3v) is 4.62. The highest BCUT2D eigenvalue weighted by molar-refractivity contribution is 5.82. The van der Waals surface area contributed by atoms with Crippen molar-refractivity contribution in [2.24, 2.45) is 0 Å². The van der Waals surface area contributed by atoms with Gasteiger partial charge in [-0.05, 0) is 66.6 Å². The quantitative estimate of drug-likeness (QED) is 0.752. The first kappa shape index (κ1) is 17.4. The normalized spacial score (nSPS) is 22.6.